The molecule has 0 aromatic heterocycles. The maximum absolute atomic E-state index is 9.32. The largest absolute Gasteiger partial charge is 0.489 e. The lowest BCUT2D eigenvalue weighted by atomic mass is 10.1. The van der Waals surface area contributed by atoms with E-state index < -0.39 is 0 Å². The Labute approximate surface area is 119 Å². The molecule has 0 spiro atoms. The van der Waals surface area contributed by atoms with E-state index in [1.165, 1.54) is 0 Å². The van der Waals surface area contributed by atoms with Crippen LogP contribution in [0.15, 0.2) is 48.5 Å². The topological polar surface area (TPSA) is 49.7 Å². The number of benzene rings is 2. The lowest BCUT2D eigenvalue weighted by Gasteiger charge is -2.08. The summed E-state index contributed by atoms with van der Waals surface area (Å²) in [6.45, 7) is 2.34. The maximum Gasteiger partial charge on any atom is 0.119 e. The summed E-state index contributed by atoms with van der Waals surface area (Å²) in [5.74, 6) is 0.811. The van der Waals surface area contributed by atoms with Crippen molar-refractivity contribution in [3.05, 3.63) is 65.2 Å². The normalized spacial score (nSPS) is 12.2. The first-order chi connectivity index (χ1) is 9.67. The third-order valence-electron chi connectivity index (χ3n) is 3.07. The summed E-state index contributed by atoms with van der Waals surface area (Å²) in [5.41, 5.74) is 3.06. The molecule has 0 bridgehead atoms. The van der Waals surface area contributed by atoms with Gasteiger partial charge < -0.3 is 14.9 Å². The first-order valence-electron chi connectivity index (χ1n) is 6.76. The first kappa shape index (κ1) is 14.6. The zero-order valence-corrected chi connectivity index (χ0v) is 11.6. The van der Waals surface area contributed by atoms with Crippen molar-refractivity contribution in [2.45, 2.75) is 32.7 Å². The fraction of sp³-hybridized carbons (Fsp3) is 0.294. The van der Waals surface area contributed by atoms with Gasteiger partial charge in [0, 0.05) is 0 Å². The van der Waals surface area contributed by atoms with Gasteiger partial charge in [0.1, 0.15) is 12.4 Å². The molecular formula is C17H20O3. The molecule has 3 heteroatoms. The molecule has 2 rings (SSSR count). The van der Waals surface area contributed by atoms with Gasteiger partial charge in [-0.1, -0.05) is 36.4 Å². The summed E-state index contributed by atoms with van der Waals surface area (Å²) in [6, 6.07) is 15.5. The van der Waals surface area contributed by atoms with Crippen molar-refractivity contribution in [3.8, 4) is 5.75 Å². The van der Waals surface area contributed by atoms with Crippen molar-refractivity contribution < 1.29 is 14.9 Å². The molecule has 2 aromatic rings. The van der Waals surface area contributed by atoms with Gasteiger partial charge in [-0.25, -0.2) is 0 Å². The fourth-order valence-corrected chi connectivity index (χ4v) is 1.97. The molecule has 1 unspecified atom stereocenters. The molecule has 0 saturated heterocycles. The second-order valence-corrected chi connectivity index (χ2v) is 4.96. The van der Waals surface area contributed by atoms with Crippen LogP contribution in [0.4, 0.5) is 0 Å². The monoisotopic (exact) mass is 272 g/mol. The van der Waals surface area contributed by atoms with Crippen LogP contribution in [0.3, 0.4) is 0 Å². The fourth-order valence-electron chi connectivity index (χ4n) is 1.97. The Morgan fingerprint density at radius 1 is 0.900 bits per heavy atom. The second kappa shape index (κ2) is 7.08. The number of hydrogen-bond donors (Lipinski definition) is 2. The highest BCUT2D eigenvalue weighted by molar-refractivity contribution is 5.28. The molecule has 0 amide bonds. The molecule has 0 saturated carbocycles. The highest BCUT2D eigenvalue weighted by atomic mass is 16.5. The second-order valence-electron chi connectivity index (χ2n) is 4.96. The van der Waals surface area contributed by atoms with E-state index in [0.29, 0.717) is 13.0 Å². The zero-order valence-electron chi connectivity index (χ0n) is 11.6. The van der Waals surface area contributed by atoms with Gasteiger partial charge >= 0.3 is 0 Å². The Bertz CT molecular complexity index is 515. The summed E-state index contributed by atoms with van der Waals surface area (Å²) in [7, 11) is 0. The quantitative estimate of drug-likeness (QED) is 0.850. The van der Waals surface area contributed by atoms with Gasteiger partial charge in [0.05, 0.1) is 12.7 Å². The predicted molar refractivity (Wildman–Crippen MR) is 78.5 cm³/mol. The van der Waals surface area contributed by atoms with Crippen LogP contribution in [-0.4, -0.2) is 16.3 Å². The van der Waals surface area contributed by atoms with Crippen molar-refractivity contribution in [1.82, 2.24) is 0 Å². The van der Waals surface area contributed by atoms with Gasteiger partial charge in [0.15, 0.2) is 0 Å². The average molecular weight is 272 g/mol. The molecule has 0 aliphatic heterocycles. The zero-order chi connectivity index (χ0) is 14.4. The molecule has 3 nitrogen and oxygen atoms in total. The van der Waals surface area contributed by atoms with E-state index in [9.17, 15) is 5.11 Å². The Kier molecular flexibility index (Phi) is 5.16. The molecule has 2 N–H and O–H groups in total. The summed E-state index contributed by atoms with van der Waals surface area (Å²) < 4.78 is 5.70. The SMILES string of the molecule is CC(O)Cc1ccc(OCc2ccc(CO)cc2)cc1. The molecule has 20 heavy (non-hydrogen) atoms. The Morgan fingerprint density at radius 2 is 1.45 bits per heavy atom. The van der Waals surface area contributed by atoms with E-state index in [2.05, 4.69) is 0 Å². The van der Waals surface area contributed by atoms with Crippen molar-refractivity contribution in [2.24, 2.45) is 0 Å². The molecule has 0 fully saturated rings. The number of aliphatic hydroxyl groups is 2. The van der Waals surface area contributed by atoms with Crippen molar-refractivity contribution in [3.63, 3.8) is 0 Å². The van der Waals surface area contributed by atoms with E-state index in [0.717, 1.165) is 22.4 Å². The van der Waals surface area contributed by atoms with Gasteiger partial charge in [-0.3, -0.25) is 0 Å². The highest BCUT2D eigenvalue weighted by Gasteiger charge is 2.00. The Morgan fingerprint density at radius 3 is 2.00 bits per heavy atom. The van der Waals surface area contributed by atoms with Crippen molar-refractivity contribution in [1.29, 1.82) is 0 Å². The summed E-state index contributed by atoms with van der Waals surface area (Å²) in [5, 5.41) is 18.3. The van der Waals surface area contributed by atoms with Crippen molar-refractivity contribution >= 4 is 0 Å². The van der Waals surface area contributed by atoms with Gasteiger partial charge in [0.2, 0.25) is 0 Å². The lowest BCUT2D eigenvalue weighted by molar-refractivity contribution is 0.195. The molecule has 106 valence electrons. The van der Waals surface area contributed by atoms with Gasteiger partial charge in [0.25, 0.3) is 0 Å². The van der Waals surface area contributed by atoms with Crippen LogP contribution in [0, 0.1) is 0 Å². The van der Waals surface area contributed by atoms with E-state index >= 15 is 0 Å². The minimum atomic E-state index is -0.327. The van der Waals surface area contributed by atoms with Crippen LogP contribution in [0.1, 0.15) is 23.6 Å². The minimum absolute atomic E-state index is 0.0614. The molecular weight excluding hydrogens is 252 g/mol. The van der Waals surface area contributed by atoms with Crippen LogP contribution in [-0.2, 0) is 19.6 Å². The number of aliphatic hydroxyl groups excluding tert-OH is 2. The van der Waals surface area contributed by atoms with Crippen LogP contribution in [0.25, 0.3) is 0 Å². The predicted octanol–water partition coefficient (Wildman–Crippen LogP) is 2.68. The molecule has 1 atom stereocenters. The number of rotatable bonds is 6. The smallest absolute Gasteiger partial charge is 0.119 e. The summed E-state index contributed by atoms with van der Waals surface area (Å²) in [6.07, 6.45) is 0.329. The van der Waals surface area contributed by atoms with E-state index in [4.69, 9.17) is 9.84 Å². The molecule has 0 heterocycles. The maximum atomic E-state index is 9.32. The highest BCUT2D eigenvalue weighted by Crippen LogP contribution is 2.15. The van der Waals surface area contributed by atoms with Crippen molar-refractivity contribution in [2.75, 3.05) is 0 Å². The lowest BCUT2D eigenvalue weighted by Crippen LogP contribution is -2.03. The van der Waals surface area contributed by atoms with E-state index in [1.54, 1.807) is 6.92 Å². The van der Waals surface area contributed by atoms with Gasteiger partial charge in [-0.05, 0) is 42.2 Å². The standard InChI is InChI=1S/C17H20O3/c1-13(19)10-14-6-8-17(9-7-14)20-12-16-4-2-15(11-18)3-5-16/h2-9,13,18-19H,10-12H2,1H3. The van der Waals surface area contributed by atoms with E-state index in [-0.39, 0.29) is 12.7 Å². The number of ether oxygens (including phenoxy) is 1. The van der Waals surface area contributed by atoms with Gasteiger partial charge in [-0.15, -0.1) is 0 Å². The third-order valence-corrected chi connectivity index (χ3v) is 3.07. The molecule has 0 aliphatic carbocycles. The molecule has 2 aromatic carbocycles. The van der Waals surface area contributed by atoms with Crippen LogP contribution < -0.4 is 4.74 Å². The third kappa shape index (κ3) is 4.37. The number of hydrogen-bond acceptors (Lipinski definition) is 3. The molecule has 0 aliphatic rings. The molecule has 0 radical (unpaired) electrons. The van der Waals surface area contributed by atoms with E-state index in [1.807, 2.05) is 48.5 Å². The Balaban J connectivity index is 1.89. The average Bonchev–Trinajstić information content (AvgIpc) is 2.46. The van der Waals surface area contributed by atoms with Gasteiger partial charge in [-0.2, -0.15) is 0 Å². The summed E-state index contributed by atoms with van der Waals surface area (Å²) in [4.78, 5) is 0. The van der Waals surface area contributed by atoms with Crippen LogP contribution >= 0.6 is 0 Å². The minimum Gasteiger partial charge on any atom is -0.489 e. The van der Waals surface area contributed by atoms with Crippen LogP contribution in [0.5, 0.6) is 5.75 Å². The summed E-state index contributed by atoms with van der Waals surface area (Å²) >= 11 is 0. The first-order valence-corrected chi connectivity index (χ1v) is 6.76. The van der Waals surface area contributed by atoms with Crippen LogP contribution in [0.2, 0.25) is 0 Å². The Hall–Kier alpha value is -1.84.